The van der Waals surface area contributed by atoms with Crippen LogP contribution in [0.1, 0.15) is 24.0 Å². The van der Waals surface area contributed by atoms with E-state index in [1.165, 1.54) is 11.8 Å². The molecule has 1 unspecified atom stereocenters. The Morgan fingerprint density at radius 2 is 1.95 bits per heavy atom. The number of ether oxygens (including phenoxy) is 2. The number of carbonyl (C=O) groups excluding carboxylic acids is 2. The normalized spacial score (nSPS) is 18.9. The molecule has 1 N–H and O–H groups in total. The number of rotatable bonds is 3. The van der Waals surface area contributed by atoms with E-state index in [-0.39, 0.29) is 18.4 Å². The Labute approximate surface area is 225 Å². The van der Waals surface area contributed by atoms with Crippen LogP contribution in [0.15, 0.2) is 59.9 Å². The standard InChI is InChI=1S/C30H29N5O4/c1-17(36)35-16-24-28(30(35)37)26(21-15-33(2)25-6-4-5-23(31-24)27(21)25)20-14-18-13-19(38-3)7-8-22(18)32-29(20)34-9-11-39-12-10-34/h4-8,13-15,26,31H,9-12,16H2,1-3H3. The van der Waals surface area contributed by atoms with E-state index in [9.17, 15) is 9.59 Å². The molecule has 2 aromatic carbocycles. The molecule has 39 heavy (non-hydrogen) atoms. The maximum absolute atomic E-state index is 14.0. The minimum absolute atomic E-state index is 0.217. The predicted octanol–water partition coefficient (Wildman–Crippen LogP) is 3.77. The van der Waals surface area contributed by atoms with E-state index >= 15 is 0 Å². The quantitative estimate of drug-likeness (QED) is 0.437. The Hall–Kier alpha value is -4.37. The zero-order valence-corrected chi connectivity index (χ0v) is 22.2. The average molecular weight is 524 g/mol. The number of aromatic nitrogens is 2. The number of nitrogens with one attached hydrogen (secondary N) is 1. The van der Waals surface area contributed by atoms with Crippen LogP contribution in [0.5, 0.6) is 5.75 Å². The van der Waals surface area contributed by atoms with E-state index in [0.717, 1.165) is 55.9 Å². The van der Waals surface area contributed by atoms with Gasteiger partial charge in [-0.2, -0.15) is 0 Å². The third-order valence-electron chi connectivity index (χ3n) is 8.08. The molecule has 2 aromatic heterocycles. The van der Waals surface area contributed by atoms with Crippen molar-refractivity contribution in [2.75, 3.05) is 50.2 Å². The molecule has 1 atom stereocenters. The molecule has 4 aromatic rings. The number of morpholine rings is 1. The SMILES string of the molecule is COc1ccc2nc(N3CCOCC3)c(C3C4=C(CN(C(C)=O)C4=O)Nc4cccc5c4c3cn5C)cc2c1. The first-order valence-corrected chi connectivity index (χ1v) is 13.2. The van der Waals surface area contributed by atoms with Gasteiger partial charge in [0.1, 0.15) is 11.6 Å². The van der Waals surface area contributed by atoms with E-state index in [0.29, 0.717) is 31.9 Å². The van der Waals surface area contributed by atoms with Gasteiger partial charge in [0, 0.05) is 66.9 Å². The Kier molecular flexibility index (Phi) is 5.38. The van der Waals surface area contributed by atoms with Crippen molar-refractivity contribution >= 4 is 45.1 Å². The molecule has 1 fully saturated rings. The summed E-state index contributed by atoms with van der Waals surface area (Å²) in [6.45, 7) is 4.28. The lowest BCUT2D eigenvalue weighted by atomic mass is 9.83. The number of nitrogens with zero attached hydrogens (tertiary/aromatic N) is 4. The van der Waals surface area contributed by atoms with Gasteiger partial charge in [0.15, 0.2) is 0 Å². The van der Waals surface area contributed by atoms with E-state index in [4.69, 9.17) is 14.5 Å². The first kappa shape index (κ1) is 23.7. The highest BCUT2D eigenvalue weighted by atomic mass is 16.5. The van der Waals surface area contributed by atoms with Crippen LogP contribution in [0.3, 0.4) is 0 Å². The van der Waals surface area contributed by atoms with Crippen LogP contribution in [0.2, 0.25) is 0 Å². The van der Waals surface area contributed by atoms with Crippen LogP contribution in [-0.4, -0.2) is 66.2 Å². The smallest absolute Gasteiger partial charge is 0.259 e. The fourth-order valence-electron chi connectivity index (χ4n) is 6.22. The number of hydrogen-bond acceptors (Lipinski definition) is 7. The highest BCUT2D eigenvalue weighted by molar-refractivity contribution is 6.11. The Morgan fingerprint density at radius 1 is 1.13 bits per heavy atom. The van der Waals surface area contributed by atoms with Gasteiger partial charge in [0.25, 0.3) is 5.91 Å². The van der Waals surface area contributed by atoms with E-state index in [2.05, 4.69) is 33.1 Å². The summed E-state index contributed by atoms with van der Waals surface area (Å²) in [5.41, 5.74) is 6.13. The summed E-state index contributed by atoms with van der Waals surface area (Å²) in [6, 6.07) is 14.1. The summed E-state index contributed by atoms with van der Waals surface area (Å²) < 4.78 is 13.3. The lowest BCUT2D eigenvalue weighted by Gasteiger charge is -2.32. The van der Waals surface area contributed by atoms with Crippen molar-refractivity contribution in [3.63, 3.8) is 0 Å². The van der Waals surface area contributed by atoms with Crippen LogP contribution >= 0.6 is 0 Å². The Morgan fingerprint density at radius 3 is 2.72 bits per heavy atom. The van der Waals surface area contributed by atoms with Crippen molar-refractivity contribution in [2.24, 2.45) is 7.05 Å². The number of imide groups is 1. The van der Waals surface area contributed by atoms with Crippen molar-refractivity contribution in [1.29, 1.82) is 0 Å². The zero-order valence-electron chi connectivity index (χ0n) is 22.2. The van der Waals surface area contributed by atoms with Crippen molar-refractivity contribution in [2.45, 2.75) is 12.8 Å². The van der Waals surface area contributed by atoms with Crippen molar-refractivity contribution < 1.29 is 19.1 Å². The second kappa shape index (κ2) is 8.84. The molecule has 9 heteroatoms. The molecule has 0 aliphatic carbocycles. The minimum atomic E-state index is -0.433. The molecule has 0 saturated carbocycles. The molecule has 1 saturated heterocycles. The van der Waals surface area contributed by atoms with Gasteiger partial charge in [-0.25, -0.2) is 4.98 Å². The van der Waals surface area contributed by atoms with Crippen molar-refractivity contribution in [1.82, 2.24) is 14.5 Å². The topological polar surface area (TPSA) is 88.9 Å². The first-order chi connectivity index (χ1) is 18.9. The van der Waals surface area contributed by atoms with Gasteiger partial charge in [-0.3, -0.25) is 14.5 Å². The highest BCUT2D eigenvalue weighted by Gasteiger charge is 2.43. The van der Waals surface area contributed by atoms with Gasteiger partial charge in [-0.15, -0.1) is 0 Å². The molecule has 0 spiro atoms. The predicted molar refractivity (Wildman–Crippen MR) is 149 cm³/mol. The zero-order chi connectivity index (χ0) is 26.8. The number of aryl methyl sites for hydroxylation is 1. The van der Waals surface area contributed by atoms with Crippen molar-refractivity contribution in [3.8, 4) is 5.75 Å². The van der Waals surface area contributed by atoms with Gasteiger partial charge in [-0.05, 0) is 42.0 Å². The maximum Gasteiger partial charge on any atom is 0.259 e. The number of pyridine rings is 1. The number of benzene rings is 2. The fourth-order valence-corrected chi connectivity index (χ4v) is 6.22. The minimum Gasteiger partial charge on any atom is -0.497 e. The number of carbonyl (C=O) groups is 2. The van der Waals surface area contributed by atoms with Gasteiger partial charge in [-0.1, -0.05) is 6.07 Å². The largest absolute Gasteiger partial charge is 0.497 e. The molecule has 5 heterocycles. The van der Waals surface area contributed by atoms with Crippen LogP contribution in [0.25, 0.3) is 21.8 Å². The van der Waals surface area contributed by atoms with Gasteiger partial charge < -0.3 is 24.3 Å². The molecule has 0 bridgehead atoms. The van der Waals surface area contributed by atoms with Crippen LogP contribution in [-0.2, 0) is 21.4 Å². The average Bonchev–Trinajstić information content (AvgIpc) is 3.41. The maximum atomic E-state index is 14.0. The summed E-state index contributed by atoms with van der Waals surface area (Å²) in [5, 5.41) is 5.54. The van der Waals surface area contributed by atoms with Crippen LogP contribution < -0.4 is 15.0 Å². The van der Waals surface area contributed by atoms with E-state index in [1.807, 2.05) is 37.4 Å². The van der Waals surface area contributed by atoms with Crippen LogP contribution in [0.4, 0.5) is 11.5 Å². The Bertz CT molecular complexity index is 1720. The molecule has 7 rings (SSSR count). The monoisotopic (exact) mass is 523 g/mol. The molecule has 9 nitrogen and oxygen atoms in total. The van der Waals surface area contributed by atoms with Crippen LogP contribution in [0, 0.1) is 0 Å². The summed E-state index contributed by atoms with van der Waals surface area (Å²) in [5.74, 6) is 0.605. The lowest BCUT2D eigenvalue weighted by Crippen LogP contribution is -2.38. The highest BCUT2D eigenvalue weighted by Crippen LogP contribution is 2.48. The molecule has 198 valence electrons. The molecule has 0 radical (unpaired) electrons. The summed E-state index contributed by atoms with van der Waals surface area (Å²) >= 11 is 0. The second-order valence-electron chi connectivity index (χ2n) is 10.3. The van der Waals surface area contributed by atoms with Gasteiger partial charge in [0.2, 0.25) is 5.91 Å². The van der Waals surface area contributed by atoms with E-state index < -0.39 is 5.92 Å². The summed E-state index contributed by atoms with van der Waals surface area (Å²) in [4.78, 5) is 35.2. The third-order valence-corrected chi connectivity index (χ3v) is 8.08. The number of amides is 2. The third kappa shape index (κ3) is 3.60. The van der Waals surface area contributed by atoms with Crippen molar-refractivity contribution in [3.05, 3.63) is 71.1 Å². The van der Waals surface area contributed by atoms with E-state index in [1.54, 1.807) is 7.11 Å². The molecule has 3 aliphatic heterocycles. The lowest BCUT2D eigenvalue weighted by molar-refractivity contribution is -0.139. The van der Waals surface area contributed by atoms with Gasteiger partial charge in [0.05, 0.1) is 43.5 Å². The number of anilines is 2. The first-order valence-electron chi connectivity index (χ1n) is 13.2. The number of hydrogen-bond donors (Lipinski definition) is 1. The molecular weight excluding hydrogens is 494 g/mol. The molecule has 2 amide bonds. The fraction of sp³-hybridized carbons (Fsp3) is 0.300. The number of fused-ring (bicyclic) bond motifs is 1. The van der Waals surface area contributed by atoms with Gasteiger partial charge >= 0.3 is 0 Å². The summed E-state index contributed by atoms with van der Waals surface area (Å²) in [7, 11) is 3.67. The Balaban J connectivity index is 1.55. The summed E-state index contributed by atoms with van der Waals surface area (Å²) in [6.07, 6.45) is 2.11. The number of methoxy groups -OCH3 is 1. The molecule has 3 aliphatic rings. The second-order valence-corrected chi connectivity index (χ2v) is 10.3. The molecular formula is C30H29N5O4.